The minimum absolute atomic E-state index is 0.0411. The maximum absolute atomic E-state index is 12.9. The molecular weight excluding hydrogens is 160 g/mol. The van der Waals surface area contributed by atoms with E-state index in [9.17, 15) is 4.39 Å². The molecule has 0 aliphatic carbocycles. The van der Waals surface area contributed by atoms with Crippen LogP contribution < -0.4 is 11.2 Å². The Morgan fingerprint density at radius 2 is 2.00 bits per heavy atom. The monoisotopic (exact) mass is 169 g/mol. The molecule has 0 amide bonds. The Morgan fingerprint density at radius 3 is 2.42 bits per heavy atom. The van der Waals surface area contributed by atoms with Crippen molar-refractivity contribution in [3.05, 3.63) is 23.5 Å². The Morgan fingerprint density at radius 1 is 1.42 bits per heavy atom. The second-order valence-electron chi connectivity index (χ2n) is 2.61. The molecule has 0 radical (unpaired) electrons. The first kappa shape index (κ1) is 9.03. The zero-order valence-corrected chi connectivity index (χ0v) is 6.58. The van der Waals surface area contributed by atoms with E-state index in [1.165, 1.54) is 6.07 Å². The fourth-order valence-corrected chi connectivity index (χ4v) is 0.931. The van der Waals surface area contributed by atoms with Gasteiger partial charge in [0.25, 0.3) is 0 Å². The van der Waals surface area contributed by atoms with Crippen molar-refractivity contribution in [2.24, 2.45) is 0 Å². The summed E-state index contributed by atoms with van der Waals surface area (Å²) in [6.07, 6.45) is 0. The molecule has 0 atom stereocenters. The van der Waals surface area contributed by atoms with E-state index in [0.29, 0.717) is 5.56 Å². The third-order valence-electron chi connectivity index (χ3n) is 1.66. The van der Waals surface area contributed by atoms with Crippen LogP contribution in [0.2, 0.25) is 0 Å². The third-order valence-corrected chi connectivity index (χ3v) is 1.66. The third kappa shape index (κ3) is 1.57. The van der Waals surface area contributed by atoms with Crippen molar-refractivity contribution in [1.29, 1.82) is 0 Å². The fraction of sp³-hybridized carbons (Fsp3) is 0.143. The van der Waals surface area contributed by atoms with Crippen LogP contribution in [0.4, 0.5) is 10.1 Å². The molecule has 0 fully saturated rings. The Balaban J connectivity index is 3.21. The molecule has 0 saturated heterocycles. The lowest BCUT2D eigenvalue weighted by atomic mass is 9.79. The molecule has 1 aromatic carbocycles. The van der Waals surface area contributed by atoms with Crippen LogP contribution >= 0.6 is 0 Å². The number of hydrogen-bond acceptors (Lipinski definition) is 3. The summed E-state index contributed by atoms with van der Waals surface area (Å²) in [6.45, 7) is 1.60. The molecule has 3 nitrogen and oxygen atoms in total. The molecule has 0 unspecified atom stereocenters. The van der Waals surface area contributed by atoms with Gasteiger partial charge in [-0.1, -0.05) is 6.07 Å². The standard InChI is InChI=1S/C7H9BFNO2/c1-4-2-5(8(11)12)3-6(9)7(4)10/h2-3,11-12H,10H2,1H3. The minimum Gasteiger partial charge on any atom is -0.423 e. The summed E-state index contributed by atoms with van der Waals surface area (Å²) in [7, 11) is -1.65. The van der Waals surface area contributed by atoms with E-state index < -0.39 is 12.9 Å². The van der Waals surface area contributed by atoms with Crippen molar-refractivity contribution in [3.63, 3.8) is 0 Å². The molecule has 0 aliphatic heterocycles. The number of rotatable bonds is 1. The van der Waals surface area contributed by atoms with Crippen LogP contribution in [0.3, 0.4) is 0 Å². The van der Waals surface area contributed by atoms with Gasteiger partial charge in [0.05, 0.1) is 5.69 Å². The molecule has 0 bridgehead atoms. The van der Waals surface area contributed by atoms with Gasteiger partial charge < -0.3 is 15.8 Å². The molecule has 0 heterocycles. The molecule has 0 saturated carbocycles. The van der Waals surface area contributed by atoms with Gasteiger partial charge in [0.2, 0.25) is 0 Å². The van der Waals surface area contributed by atoms with Crippen LogP contribution in [0.1, 0.15) is 5.56 Å². The van der Waals surface area contributed by atoms with E-state index in [1.54, 1.807) is 6.92 Å². The second kappa shape index (κ2) is 3.12. The second-order valence-corrected chi connectivity index (χ2v) is 2.61. The van der Waals surface area contributed by atoms with Gasteiger partial charge in [-0.15, -0.1) is 0 Å². The topological polar surface area (TPSA) is 66.5 Å². The first-order chi connectivity index (χ1) is 5.52. The van der Waals surface area contributed by atoms with Crippen LogP contribution in [0, 0.1) is 12.7 Å². The van der Waals surface area contributed by atoms with Gasteiger partial charge in [-0.05, 0) is 24.0 Å². The normalized spacial score (nSPS) is 10.0. The van der Waals surface area contributed by atoms with Crippen LogP contribution in [-0.4, -0.2) is 17.2 Å². The molecule has 0 aliphatic rings. The summed E-state index contributed by atoms with van der Waals surface area (Å²) >= 11 is 0. The molecule has 0 spiro atoms. The molecule has 4 N–H and O–H groups in total. The zero-order chi connectivity index (χ0) is 9.30. The van der Waals surface area contributed by atoms with E-state index in [4.69, 9.17) is 15.8 Å². The maximum Gasteiger partial charge on any atom is 0.488 e. The van der Waals surface area contributed by atoms with Gasteiger partial charge in [-0.2, -0.15) is 0 Å². The Hall–Kier alpha value is -1.07. The highest BCUT2D eigenvalue weighted by atomic mass is 19.1. The van der Waals surface area contributed by atoms with Crippen molar-refractivity contribution < 1.29 is 14.4 Å². The van der Waals surface area contributed by atoms with Crippen LogP contribution in [0.25, 0.3) is 0 Å². The van der Waals surface area contributed by atoms with Crippen molar-refractivity contribution >= 4 is 18.3 Å². The van der Waals surface area contributed by atoms with Crippen LogP contribution in [0.15, 0.2) is 12.1 Å². The smallest absolute Gasteiger partial charge is 0.423 e. The Bertz CT molecular complexity index is 280. The van der Waals surface area contributed by atoms with E-state index in [-0.39, 0.29) is 11.2 Å². The number of nitrogens with two attached hydrogens (primary N) is 1. The number of benzene rings is 1. The summed E-state index contributed by atoms with van der Waals surface area (Å²) in [5.41, 5.74) is 5.96. The molecule has 1 aromatic rings. The molecule has 5 heteroatoms. The zero-order valence-electron chi connectivity index (χ0n) is 6.58. The quantitative estimate of drug-likeness (QED) is 0.388. The molecule has 12 heavy (non-hydrogen) atoms. The highest BCUT2D eigenvalue weighted by Gasteiger charge is 2.14. The molecular formula is C7H9BFNO2. The summed E-state index contributed by atoms with van der Waals surface area (Å²) in [4.78, 5) is 0. The Kier molecular flexibility index (Phi) is 2.35. The SMILES string of the molecule is Cc1cc(B(O)O)cc(F)c1N. The lowest BCUT2D eigenvalue weighted by Gasteiger charge is -2.05. The lowest BCUT2D eigenvalue weighted by molar-refractivity contribution is 0.425. The van der Waals surface area contributed by atoms with Crippen molar-refractivity contribution in [2.45, 2.75) is 6.92 Å². The summed E-state index contributed by atoms with van der Waals surface area (Å²) in [5, 5.41) is 17.4. The number of hydrogen-bond donors (Lipinski definition) is 3. The predicted molar refractivity (Wildman–Crippen MR) is 45.4 cm³/mol. The van der Waals surface area contributed by atoms with Crippen molar-refractivity contribution in [1.82, 2.24) is 0 Å². The van der Waals surface area contributed by atoms with Gasteiger partial charge in [0, 0.05) is 0 Å². The fourth-order valence-electron chi connectivity index (χ4n) is 0.931. The predicted octanol–water partition coefficient (Wildman–Crippen LogP) is -0.604. The van der Waals surface area contributed by atoms with Gasteiger partial charge in [-0.3, -0.25) is 0 Å². The van der Waals surface area contributed by atoms with E-state index in [2.05, 4.69) is 0 Å². The van der Waals surface area contributed by atoms with E-state index in [0.717, 1.165) is 6.07 Å². The van der Waals surface area contributed by atoms with Gasteiger partial charge in [-0.25, -0.2) is 4.39 Å². The average molecular weight is 169 g/mol. The number of aryl methyl sites for hydroxylation is 1. The lowest BCUT2D eigenvalue weighted by Crippen LogP contribution is -2.30. The number of anilines is 1. The minimum atomic E-state index is -1.65. The average Bonchev–Trinajstić information content (AvgIpc) is 1.99. The van der Waals surface area contributed by atoms with Crippen molar-refractivity contribution in [2.75, 3.05) is 5.73 Å². The van der Waals surface area contributed by atoms with E-state index >= 15 is 0 Å². The molecule has 0 aromatic heterocycles. The molecule has 64 valence electrons. The van der Waals surface area contributed by atoms with Gasteiger partial charge in [0.1, 0.15) is 5.82 Å². The van der Waals surface area contributed by atoms with E-state index in [1.807, 2.05) is 0 Å². The van der Waals surface area contributed by atoms with Gasteiger partial charge in [0.15, 0.2) is 0 Å². The molecule has 1 rings (SSSR count). The summed E-state index contributed by atoms with van der Waals surface area (Å²) in [5.74, 6) is -0.627. The number of nitrogen functional groups attached to an aromatic ring is 1. The summed E-state index contributed by atoms with van der Waals surface area (Å²) < 4.78 is 12.9. The highest BCUT2D eigenvalue weighted by molar-refractivity contribution is 6.58. The Labute approximate surface area is 69.8 Å². The first-order valence-electron chi connectivity index (χ1n) is 3.44. The first-order valence-corrected chi connectivity index (χ1v) is 3.44. The largest absolute Gasteiger partial charge is 0.488 e. The van der Waals surface area contributed by atoms with Gasteiger partial charge >= 0.3 is 7.12 Å². The van der Waals surface area contributed by atoms with Crippen molar-refractivity contribution in [3.8, 4) is 0 Å². The van der Waals surface area contributed by atoms with Crippen LogP contribution in [-0.2, 0) is 0 Å². The highest BCUT2D eigenvalue weighted by Crippen LogP contribution is 2.12. The number of halogens is 1. The van der Waals surface area contributed by atoms with Crippen LogP contribution in [0.5, 0.6) is 0 Å². The maximum atomic E-state index is 12.9. The summed E-state index contributed by atoms with van der Waals surface area (Å²) in [6, 6.07) is 2.44.